The number of hydrogen-bond acceptors (Lipinski definition) is 7. The van der Waals surface area contributed by atoms with Crippen LogP contribution in [0.25, 0.3) is 0 Å². The monoisotopic (exact) mass is 216 g/mol. The Morgan fingerprint density at radius 3 is 1.87 bits per heavy atom. The number of aliphatic hydroxyl groups is 2. The number of aliphatic hydroxyl groups excluding tert-OH is 2. The first-order valence-corrected chi connectivity index (χ1v) is 4.66. The summed E-state index contributed by atoms with van der Waals surface area (Å²) in [5, 5.41) is 24.8. The van der Waals surface area contributed by atoms with Crippen LogP contribution in [-0.4, -0.2) is 47.4 Å². The van der Waals surface area contributed by atoms with Crippen molar-refractivity contribution < 1.29 is 24.6 Å². The molecule has 7 nitrogen and oxygen atoms in total. The molecule has 84 valence electrons. The molecule has 0 spiro atoms. The Morgan fingerprint density at radius 2 is 1.53 bits per heavy atom. The van der Waals surface area contributed by atoms with Crippen LogP contribution < -0.4 is 0 Å². The first-order chi connectivity index (χ1) is 7.31. The average Bonchev–Trinajstić information content (AvgIpc) is 2.87. The van der Waals surface area contributed by atoms with Crippen molar-refractivity contribution >= 4 is 11.8 Å². The van der Waals surface area contributed by atoms with Gasteiger partial charge in [-0.05, 0) is 0 Å². The first kappa shape index (κ1) is 10.2. The molecule has 2 unspecified atom stereocenters. The van der Waals surface area contributed by atoms with Crippen molar-refractivity contribution in [2.24, 2.45) is 10.3 Å². The predicted octanol–water partition coefficient (Wildman–Crippen LogP) is -0.808. The van der Waals surface area contributed by atoms with Crippen LogP contribution in [-0.2, 0) is 14.4 Å². The van der Waals surface area contributed by atoms with Crippen LogP contribution in [0, 0.1) is 0 Å². The fraction of sp³-hybridized carbons (Fsp3) is 0.750. The van der Waals surface area contributed by atoms with Crippen LogP contribution in [0.5, 0.6) is 0 Å². The lowest BCUT2D eigenvalue weighted by Gasteiger charge is -2.02. The van der Waals surface area contributed by atoms with E-state index in [2.05, 4.69) is 10.3 Å². The summed E-state index contributed by atoms with van der Waals surface area (Å²) in [6.45, 7) is -0.197. The lowest BCUT2D eigenvalue weighted by atomic mass is 10.2. The molecule has 15 heavy (non-hydrogen) atoms. The second-order valence-electron chi connectivity index (χ2n) is 3.30. The molecule has 0 aromatic rings. The van der Waals surface area contributed by atoms with E-state index < -0.39 is 0 Å². The minimum absolute atomic E-state index is 0.0986. The molecule has 2 atom stereocenters. The molecule has 0 radical (unpaired) electrons. The van der Waals surface area contributed by atoms with Crippen molar-refractivity contribution in [3.05, 3.63) is 0 Å². The molecule has 2 heterocycles. The molecule has 0 aromatic carbocycles. The van der Waals surface area contributed by atoms with Gasteiger partial charge in [-0.2, -0.15) is 0 Å². The zero-order valence-electron chi connectivity index (χ0n) is 8.00. The lowest BCUT2D eigenvalue weighted by molar-refractivity contribution is 0.0389. The van der Waals surface area contributed by atoms with E-state index in [1.165, 1.54) is 0 Å². The van der Waals surface area contributed by atoms with Gasteiger partial charge in [0.05, 0.1) is 26.1 Å². The summed E-state index contributed by atoms with van der Waals surface area (Å²) in [5.41, 5.74) is 0. The van der Waals surface area contributed by atoms with Crippen molar-refractivity contribution in [3.63, 3.8) is 0 Å². The summed E-state index contributed by atoms with van der Waals surface area (Å²) in [6, 6.07) is 0. The first-order valence-electron chi connectivity index (χ1n) is 4.66. The molecule has 2 aliphatic rings. The average molecular weight is 216 g/mol. The Labute approximate surface area is 85.9 Å². The molecule has 0 aliphatic carbocycles. The van der Waals surface area contributed by atoms with Gasteiger partial charge in [0, 0.05) is 0 Å². The molecule has 0 bridgehead atoms. The molecular formula is C8H12N2O5. The molecule has 7 heteroatoms. The topological polar surface area (TPSA) is 92.9 Å². The van der Waals surface area contributed by atoms with Crippen LogP contribution >= 0.6 is 0 Å². The lowest BCUT2D eigenvalue weighted by Crippen LogP contribution is -2.18. The van der Waals surface area contributed by atoms with Gasteiger partial charge in [-0.25, -0.2) is 0 Å². The van der Waals surface area contributed by atoms with E-state index in [9.17, 15) is 0 Å². The number of hydrogen-bond donors (Lipinski definition) is 2. The highest BCUT2D eigenvalue weighted by atomic mass is 16.7. The number of oxime groups is 2. The van der Waals surface area contributed by atoms with Crippen molar-refractivity contribution in [2.75, 3.05) is 13.2 Å². The van der Waals surface area contributed by atoms with Crippen LogP contribution in [0.2, 0.25) is 0 Å². The maximum atomic E-state index is 8.78. The maximum Gasteiger partial charge on any atom is 0.237 e. The summed E-state index contributed by atoms with van der Waals surface area (Å²) in [6.07, 6.45) is 0.159. The Kier molecular flexibility index (Phi) is 3.02. The van der Waals surface area contributed by atoms with Crippen LogP contribution in [0.1, 0.15) is 12.8 Å². The quantitative estimate of drug-likeness (QED) is 0.629. The smallest absolute Gasteiger partial charge is 0.237 e. The SMILES string of the molecule is OCC1CC(OC2=NOC(CO)C2)=NO1. The summed E-state index contributed by atoms with van der Waals surface area (Å²) in [4.78, 5) is 9.69. The normalized spacial score (nSPS) is 29.2. The van der Waals surface area contributed by atoms with Gasteiger partial charge in [0.1, 0.15) is 0 Å². The third kappa shape index (κ3) is 2.37. The van der Waals surface area contributed by atoms with Gasteiger partial charge in [0.25, 0.3) is 0 Å². The summed E-state index contributed by atoms with van der Waals surface area (Å²) < 4.78 is 5.26. The molecule has 0 aromatic heterocycles. The standard InChI is InChI=1S/C8H12N2O5/c11-3-5-1-7(9-14-5)13-8-2-6(4-12)15-10-8/h5-6,11-12H,1-4H2. The van der Waals surface area contributed by atoms with E-state index in [-0.39, 0.29) is 25.4 Å². The minimum Gasteiger partial charge on any atom is -0.422 e. The summed E-state index contributed by atoms with van der Waals surface area (Å²) in [7, 11) is 0. The van der Waals surface area contributed by atoms with Crippen molar-refractivity contribution in [3.8, 4) is 0 Å². The second-order valence-corrected chi connectivity index (χ2v) is 3.30. The highest BCUT2D eigenvalue weighted by Gasteiger charge is 2.27. The van der Waals surface area contributed by atoms with Crippen molar-refractivity contribution in [2.45, 2.75) is 25.0 Å². The Hall–Kier alpha value is -1.34. The largest absolute Gasteiger partial charge is 0.422 e. The van der Waals surface area contributed by atoms with Gasteiger partial charge in [-0.15, -0.1) is 0 Å². The molecular weight excluding hydrogens is 204 g/mol. The number of ether oxygens (including phenoxy) is 1. The van der Waals surface area contributed by atoms with Crippen molar-refractivity contribution in [1.29, 1.82) is 0 Å². The molecule has 2 N–H and O–H groups in total. The van der Waals surface area contributed by atoms with Crippen LogP contribution in [0.4, 0.5) is 0 Å². The zero-order chi connectivity index (χ0) is 10.7. The van der Waals surface area contributed by atoms with Crippen molar-refractivity contribution in [1.82, 2.24) is 0 Å². The number of rotatable bonds is 2. The molecule has 2 aliphatic heterocycles. The van der Waals surface area contributed by atoms with E-state index >= 15 is 0 Å². The Morgan fingerprint density at radius 1 is 1.07 bits per heavy atom. The fourth-order valence-electron chi connectivity index (χ4n) is 1.26. The van der Waals surface area contributed by atoms with Gasteiger partial charge in [-0.1, -0.05) is 10.3 Å². The van der Waals surface area contributed by atoms with Gasteiger partial charge < -0.3 is 24.6 Å². The highest BCUT2D eigenvalue weighted by Crippen LogP contribution is 2.15. The highest BCUT2D eigenvalue weighted by molar-refractivity contribution is 5.92. The summed E-state index contributed by atoms with van der Waals surface area (Å²) in [5.74, 6) is 0.741. The third-order valence-electron chi connectivity index (χ3n) is 2.05. The molecule has 0 amide bonds. The van der Waals surface area contributed by atoms with Gasteiger partial charge in [0.2, 0.25) is 11.8 Å². The predicted molar refractivity (Wildman–Crippen MR) is 49.1 cm³/mol. The molecule has 0 fully saturated rings. The molecule has 2 rings (SSSR count). The Bertz CT molecular complexity index is 263. The maximum absolute atomic E-state index is 8.78. The van der Waals surface area contributed by atoms with Gasteiger partial charge in [0.15, 0.2) is 12.2 Å². The van der Waals surface area contributed by atoms with E-state index in [4.69, 9.17) is 24.6 Å². The van der Waals surface area contributed by atoms with Crippen LogP contribution in [0.15, 0.2) is 10.3 Å². The van der Waals surface area contributed by atoms with E-state index in [1.807, 2.05) is 0 Å². The van der Waals surface area contributed by atoms with E-state index in [0.717, 1.165) is 0 Å². The second kappa shape index (κ2) is 4.45. The fourth-order valence-corrected chi connectivity index (χ4v) is 1.26. The van der Waals surface area contributed by atoms with Gasteiger partial charge >= 0.3 is 0 Å². The minimum atomic E-state index is -0.337. The summed E-state index contributed by atoms with van der Waals surface area (Å²) >= 11 is 0. The number of nitrogens with zero attached hydrogens (tertiary/aromatic N) is 2. The Balaban J connectivity index is 1.79. The van der Waals surface area contributed by atoms with Gasteiger partial charge in [-0.3, -0.25) is 0 Å². The molecule has 0 saturated heterocycles. The molecule has 0 saturated carbocycles. The van der Waals surface area contributed by atoms with E-state index in [1.54, 1.807) is 0 Å². The van der Waals surface area contributed by atoms with E-state index in [0.29, 0.717) is 24.6 Å². The zero-order valence-corrected chi connectivity index (χ0v) is 8.00. The van der Waals surface area contributed by atoms with Crippen LogP contribution in [0.3, 0.4) is 0 Å². The third-order valence-corrected chi connectivity index (χ3v) is 2.05.